The van der Waals surface area contributed by atoms with Crippen LogP contribution in [0.25, 0.3) is 0 Å². The molecule has 4 heteroatoms. The summed E-state index contributed by atoms with van der Waals surface area (Å²) in [5.74, 6) is 0. The number of pyridine rings is 1. The van der Waals surface area contributed by atoms with Gasteiger partial charge in [-0.1, -0.05) is 25.1 Å². The molecule has 0 spiro atoms. The lowest BCUT2D eigenvalue weighted by Gasteiger charge is -2.09. The number of halogens is 3. The minimum atomic E-state index is -4.26. The predicted molar refractivity (Wildman–Crippen MR) is 81.7 cm³/mol. The van der Waals surface area contributed by atoms with Crippen LogP contribution in [0.1, 0.15) is 42.0 Å². The molecule has 0 N–H and O–H groups in total. The van der Waals surface area contributed by atoms with E-state index in [9.17, 15) is 13.2 Å². The smallest absolute Gasteiger partial charge is 0.264 e. The number of rotatable bonds is 6. The van der Waals surface area contributed by atoms with E-state index in [0.29, 0.717) is 6.42 Å². The summed E-state index contributed by atoms with van der Waals surface area (Å²) in [6.45, 7) is 2.10. The molecular formula is C18H20F3N. The van der Waals surface area contributed by atoms with Gasteiger partial charge in [0.2, 0.25) is 0 Å². The molecule has 0 unspecified atom stereocenters. The van der Waals surface area contributed by atoms with Gasteiger partial charge in [-0.15, -0.1) is 0 Å². The van der Waals surface area contributed by atoms with E-state index in [0.717, 1.165) is 37.3 Å². The highest BCUT2D eigenvalue weighted by molar-refractivity contribution is 5.26. The molecule has 0 saturated heterocycles. The molecule has 0 atom stereocenters. The summed E-state index contributed by atoms with van der Waals surface area (Å²) in [6, 6.07) is 7.65. The van der Waals surface area contributed by atoms with Crippen LogP contribution in [0, 0.1) is 0 Å². The lowest BCUT2D eigenvalue weighted by molar-refractivity contribution is -0.137. The summed E-state index contributed by atoms with van der Waals surface area (Å²) >= 11 is 0. The standard InChI is InChI=1S/C18H20F3N/c1-2-15-13-22-11-10-16(15)8-4-3-6-14-7-5-9-17(12-14)18(19,20)21/h5,7,9-13H,2-4,6,8H2,1H3. The summed E-state index contributed by atoms with van der Waals surface area (Å²) in [7, 11) is 0. The fourth-order valence-electron chi connectivity index (χ4n) is 2.57. The van der Waals surface area contributed by atoms with Crippen LogP contribution >= 0.6 is 0 Å². The Morgan fingerprint density at radius 3 is 2.50 bits per heavy atom. The van der Waals surface area contributed by atoms with Crippen molar-refractivity contribution in [2.75, 3.05) is 0 Å². The van der Waals surface area contributed by atoms with E-state index in [1.54, 1.807) is 12.3 Å². The molecule has 1 heterocycles. The van der Waals surface area contributed by atoms with Gasteiger partial charge in [0.05, 0.1) is 5.56 Å². The van der Waals surface area contributed by atoms with Gasteiger partial charge in [0, 0.05) is 12.4 Å². The summed E-state index contributed by atoms with van der Waals surface area (Å²) < 4.78 is 38.0. The van der Waals surface area contributed by atoms with E-state index in [2.05, 4.69) is 11.9 Å². The quantitative estimate of drug-likeness (QED) is 0.666. The number of benzene rings is 1. The zero-order valence-corrected chi connectivity index (χ0v) is 12.7. The number of aromatic nitrogens is 1. The molecule has 1 aromatic heterocycles. The first-order chi connectivity index (χ1) is 10.5. The average Bonchev–Trinajstić information content (AvgIpc) is 2.51. The summed E-state index contributed by atoms with van der Waals surface area (Å²) in [5, 5.41) is 0. The first-order valence-corrected chi connectivity index (χ1v) is 7.58. The molecule has 22 heavy (non-hydrogen) atoms. The molecule has 2 aromatic rings. The van der Waals surface area contributed by atoms with Gasteiger partial charge < -0.3 is 0 Å². The molecule has 0 bridgehead atoms. The topological polar surface area (TPSA) is 12.9 Å². The average molecular weight is 307 g/mol. The van der Waals surface area contributed by atoms with E-state index in [-0.39, 0.29) is 0 Å². The summed E-state index contributed by atoms with van der Waals surface area (Å²) in [6.07, 6.45) is 3.85. The molecule has 0 radical (unpaired) electrons. The number of hydrogen-bond donors (Lipinski definition) is 0. The molecule has 1 aromatic carbocycles. The molecule has 0 aliphatic carbocycles. The van der Waals surface area contributed by atoms with E-state index in [1.807, 2.05) is 12.3 Å². The maximum Gasteiger partial charge on any atom is 0.416 e. The van der Waals surface area contributed by atoms with Crippen molar-refractivity contribution < 1.29 is 13.2 Å². The number of nitrogens with zero attached hydrogens (tertiary/aromatic N) is 1. The number of unbranched alkanes of at least 4 members (excludes halogenated alkanes) is 1. The Balaban J connectivity index is 1.87. The highest BCUT2D eigenvalue weighted by atomic mass is 19.4. The minimum Gasteiger partial charge on any atom is -0.264 e. The van der Waals surface area contributed by atoms with E-state index >= 15 is 0 Å². The second-order valence-electron chi connectivity index (χ2n) is 5.40. The Kier molecular flexibility index (Phi) is 5.58. The van der Waals surface area contributed by atoms with Gasteiger partial charge in [0.25, 0.3) is 0 Å². The van der Waals surface area contributed by atoms with Crippen molar-refractivity contribution in [3.8, 4) is 0 Å². The van der Waals surface area contributed by atoms with Gasteiger partial charge in [0.1, 0.15) is 0 Å². The zero-order chi connectivity index (χ0) is 16.0. The third-order valence-corrected chi connectivity index (χ3v) is 3.80. The van der Waals surface area contributed by atoms with Crippen molar-refractivity contribution >= 4 is 0 Å². The monoisotopic (exact) mass is 307 g/mol. The van der Waals surface area contributed by atoms with Gasteiger partial charge in [0.15, 0.2) is 0 Å². The maximum atomic E-state index is 12.7. The number of hydrogen-bond acceptors (Lipinski definition) is 1. The first kappa shape index (κ1) is 16.5. The number of aryl methyl sites for hydroxylation is 3. The Morgan fingerprint density at radius 2 is 1.77 bits per heavy atom. The first-order valence-electron chi connectivity index (χ1n) is 7.58. The zero-order valence-electron chi connectivity index (χ0n) is 12.7. The highest BCUT2D eigenvalue weighted by Crippen LogP contribution is 2.29. The molecule has 1 nitrogen and oxygen atoms in total. The molecule has 0 aliphatic heterocycles. The minimum absolute atomic E-state index is 0.563. The van der Waals surface area contributed by atoms with Crippen LogP contribution < -0.4 is 0 Å². The van der Waals surface area contributed by atoms with Gasteiger partial charge in [-0.2, -0.15) is 13.2 Å². The molecule has 2 rings (SSSR count). The van der Waals surface area contributed by atoms with Crippen molar-refractivity contribution in [1.29, 1.82) is 0 Å². The van der Waals surface area contributed by atoms with Crippen LogP contribution in [0.2, 0.25) is 0 Å². The lowest BCUT2D eigenvalue weighted by atomic mass is 9.99. The van der Waals surface area contributed by atoms with Gasteiger partial charge >= 0.3 is 6.18 Å². The van der Waals surface area contributed by atoms with Gasteiger partial charge in [-0.05, 0) is 60.9 Å². The molecule has 0 aliphatic rings. The SMILES string of the molecule is CCc1cnccc1CCCCc1cccc(C(F)(F)F)c1. The molecule has 0 saturated carbocycles. The van der Waals surface area contributed by atoms with Crippen LogP contribution in [-0.2, 0) is 25.4 Å². The molecule has 118 valence electrons. The van der Waals surface area contributed by atoms with Crippen LogP contribution in [-0.4, -0.2) is 4.98 Å². The van der Waals surface area contributed by atoms with Crippen molar-refractivity contribution in [2.45, 2.75) is 45.2 Å². The fraction of sp³-hybridized carbons (Fsp3) is 0.389. The number of alkyl halides is 3. The molecule has 0 amide bonds. The third-order valence-electron chi connectivity index (χ3n) is 3.80. The maximum absolute atomic E-state index is 12.7. The Labute approximate surface area is 129 Å². The van der Waals surface area contributed by atoms with Crippen molar-refractivity contribution in [3.05, 3.63) is 65.0 Å². The second kappa shape index (κ2) is 7.43. The van der Waals surface area contributed by atoms with Crippen LogP contribution in [0.4, 0.5) is 13.2 Å². The Hall–Kier alpha value is -1.84. The molecular weight excluding hydrogens is 287 g/mol. The van der Waals surface area contributed by atoms with Crippen LogP contribution in [0.3, 0.4) is 0 Å². The van der Waals surface area contributed by atoms with Gasteiger partial charge in [-0.3, -0.25) is 4.98 Å². The highest BCUT2D eigenvalue weighted by Gasteiger charge is 2.30. The van der Waals surface area contributed by atoms with Gasteiger partial charge in [-0.25, -0.2) is 0 Å². The summed E-state index contributed by atoms with van der Waals surface area (Å²) in [4.78, 5) is 4.12. The molecule has 0 fully saturated rings. The fourth-order valence-corrected chi connectivity index (χ4v) is 2.57. The predicted octanol–water partition coefficient (Wildman–Crippen LogP) is 5.23. The van der Waals surface area contributed by atoms with Crippen molar-refractivity contribution in [2.24, 2.45) is 0 Å². The van der Waals surface area contributed by atoms with E-state index < -0.39 is 11.7 Å². The Bertz CT molecular complexity index is 605. The third kappa shape index (κ3) is 4.58. The summed E-state index contributed by atoms with van der Waals surface area (Å²) in [5.41, 5.74) is 2.73. The lowest BCUT2D eigenvalue weighted by Crippen LogP contribution is -2.05. The largest absolute Gasteiger partial charge is 0.416 e. The van der Waals surface area contributed by atoms with Crippen molar-refractivity contribution in [1.82, 2.24) is 4.98 Å². The van der Waals surface area contributed by atoms with E-state index in [1.165, 1.54) is 23.3 Å². The van der Waals surface area contributed by atoms with Crippen molar-refractivity contribution in [3.63, 3.8) is 0 Å². The Morgan fingerprint density at radius 1 is 1.00 bits per heavy atom. The van der Waals surface area contributed by atoms with E-state index in [4.69, 9.17) is 0 Å². The van der Waals surface area contributed by atoms with Crippen LogP contribution in [0.5, 0.6) is 0 Å². The second-order valence-corrected chi connectivity index (χ2v) is 5.40. The normalized spacial score (nSPS) is 11.6. The van der Waals surface area contributed by atoms with Crippen LogP contribution in [0.15, 0.2) is 42.7 Å².